The van der Waals surface area contributed by atoms with E-state index in [1.54, 1.807) is 17.0 Å². The number of benzene rings is 2. The van der Waals surface area contributed by atoms with Crippen molar-refractivity contribution in [2.45, 2.75) is 38.1 Å². The molecule has 0 fully saturated rings. The summed E-state index contributed by atoms with van der Waals surface area (Å²) in [6, 6.07) is 16.2. The third kappa shape index (κ3) is 5.36. The molecule has 0 saturated heterocycles. The standard InChI is InChI=1S/C29H27ClN4O2/c1-4-11-36-24-9-5-19(6-10-24)13-25(32)28(35)34-18-29(2,3)27-26(34)14-20(17-33-27)12-21-7-8-23(30)15-22(21)16-31/h1,5-10,14-15,17,25H,11-13,18,32H2,2-3H3/t25-/m0/s1. The number of hydrogen-bond acceptors (Lipinski definition) is 5. The van der Waals surface area contributed by atoms with Gasteiger partial charge in [0.25, 0.3) is 0 Å². The van der Waals surface area contributed by atoms with Crippen molar-refractivity contribution in [2.75, 3.05) is 18.1 Å². The van der Waals surface area contributed by atoms with Gasteiger partial charge in [0.05, 0.1) is 29.1 Å². The highest BCUT2D eigenvalue weighted by molar-refractivity contribution is 6.30. The molecule has 0 spiro atoms. The van der Waals surface area contributed by atoms with Crippen molar-refractivity contribution in [1.82, 2.24) is 4.98 Å². The SMILES string of the molecule is C#CCOc1ccc(C[C@H](N)C(=O)N2CC(C)(C)c3ncc(Cc4ccc(Cl)cc4C#N)cc32)cc1. The van der Waals surface area contributed by atoms with Crippen molar-refractivity contribution >= 4 is 23.2 Å². The van der Waals surface area contributed by atoms with Crippen molar-refractivity contribution in [3.05, 3.63) is 87.7 Å². The maximum Gasteiger partial charge on any atom is 0.244 e. The second-order valence-electron chi connectivity index (χ2n) is 9.56. The molecule has 7 heteroatoms. The van der Waals surface area contributed by atoms with Crippen LogP contribution in [0.3, 0.4) is 0 Å². The molecule has 2 N–H and O–H groups in total. The van der Waals surface area contributed by atoms with E-state index in [-0.39, 0.29) is 17.9 Å². The number of nitrogens with zero attached hydrogens (tertiary/aromatic N) is 3. The van der Waals surface area contributed by atoms with Crippen LogP contribution in [0, 0.1) is 23.7 Å². The lowest BCUT2D eigenvalue weighted by atomic mass is 9.91. The highest BCUT2D eigenvalue weighted by Crippen LogP contribution is 2.40. The number of nitrogens with two attached hydrogens (primary N) is 1. The van der Waals surface area contributed by atoms with Crippen LogP contribution in [0.15, 0.2) is 54.7 Å². The lowest BCUT2D eigenvalue weighted by molar-refractivity contribution is -0.119. The number of rotatable bonds is 7. The lowest BCUT2D eigenvalue weighted by Crippen LogP contribution is -2.46. The van der Waals surface area contributed by atoms with Crippen LogP contribution in [-0.2, 0) is 23.1 Å². The molecule has 0 radical (unpaired) electrons. The summed E-state index contributed by atoms with van der Waals surface area (Å²) >= 11 is 6.04. The maximum absolute atomic E-state index is 13.5. The first-order chi connectivity index (χ1) is 17.2. The van der Waals surface area contributed by atoms with Crippen LogP contribution >= 0.6 is 11.6 Å². The Balaban J connectivity index is 1.54. The molecule has 6 nitrogen and oxygen atoms in total. The Hall–Kier alpha value is -3.84. The highest BCUT2D eigenvalue weighted by Gasteiger charge is 2.40. The Bertz CT molecular complexity index is 1370. The smallest absolute Gasteiger partial charge is 0.244 e. The molecule has 182 valence electrons. The van der Waals surface area contributed by atoms with Gasteiger partial charge in [-0.1, -0.05) is 49.6 Å². The molecule has 4 rings (SSSR count). The zero-order valence-electron chi connectivity index (χ0n) is 20.3. The summed E-state index contributed by atoms with van der Waals surface area (Å²) in [4.78, 5) is 19.9. The van der Waals surface area contributed by atoms with E-state index in [0.717, 1.165) is 28.1 Å². The molecule has 1 atom stereocenters. The van der Waals surface area contributed by atoms with E-state index < -0.39 is 6.04 Å². The Morgan fingerprint density at radius 2 is 2.00 bits per heavy atom. The fourth-order valence-corrected chi connectivity index (χ4v) is 4.66. The summed E-state index contributed by atoms with van der Waals surface area (Å²) in [5, 5.41) is 10.0. The fourth-order valence-electron chi connectivity index (χ4n) is 4.49. The summed E-state index contributed by atoms with van der Waals surface area (Å²) in [6.45, 7) is 4.83. The molecule has 36 heavy (non-hydrogen) atoms. The summed E-state index contributed by atoms with van der Waals surface area (Å²) in [5.74, 6) is 2.95. The minimum Gasteiger partial charge on any atom is -0.481 e. The van der Waals surface area contributed by atoms with Gasteiger partial charge >= 0.3 is 0 Å². The lowest BCUT2D eigenvalue weighted by Gasteiger charge is -2.23. The molecular weight excluding hydrogens is 472 g/mol. The molecule has 1 aliphatic heterocycles. The molecular formula is C29H27ClN4O2. The first-order valence-electron chi connectivity index (χ1n) is 11.6. The summed E-state index contributed by atoms with van der Waals surface area (Å²) in [7, 11) is 0. The van der Waals surface area contributed by atoms with Gasteiger partial charge in [0.1, 0.15) is 12.4 Å². The average molecular weight is 499 g/mol. The van der Waals surface area contributed by atoms with Gasteiger partial charge in [-0.3, -0.25) is 9.78 Å². The number of carbonyl (C=O) groups excluding carboxylic acids is 1. The number of hydrogen-bond donors (Lipinski definition) is 1. The topological polar surface area (TPSA) is 92.2 Å². The summed E-state index contributed by atoms with van der Waals surface area (Å²) < 4.78 is 5.41. The van der Waals surface area contributed by atoms with Gasteiger partial charge in [0.15, 0.2) is 0 Å². The van der Waals surface area contributed by atoms with Crippen LogP contribution < -0.4 is 15.4 Å². The zero-order valence-corrected chi connectivity index (χ0v) is 21.0. The van der Waals surface area contributed by atoms with Crippen molar-refractivity contribution < 1.29 is 9.53 Å². The monoisotopic (exact) mass is 498 g/mol. The Labute approximate surface area is 216 Å². The normalized spacial score (nSPS) is 14.4. The molecule has 2 heterocycles. The molecule has 0 saturated carbocycles. The van der Waals surface area contributed by atoms with E-state index in [2.05, 4.69) is 25.8 Å². The second-order valence-corrected chi connectivity index (χ2v) is 9.99. The molecule has 0 bridgehead atoms. The molecule has 1 aliphatic rings. The van der Waals surface area contributed by atoms with E-state index in [0.29, 0.717) is 35.7 Å². The molecule has 0 aliphatic carbocycles. The van der Waals surface area contributed by atoms with Crippen molar-refractivity contribution in [1.29, 1.82) is 5.26 Å². The number of fused-ring (bicyclic) bond motifs is 1. The second kappa shape index (κ2) is 10.4. The van der Waals surface area contributed by atoms with Crippen molar-refractivity contribution in [3.63, 3.8) is 0 Å². The number of pyridine rings is 1. The fraction of sp³-hybridized carbons (Fsp3) is 0.276. The van der Waals surface area contributed by atoms with Crippen LogP contribution in [0.4, 0.5) is 5.69 Å². The predicted molar refractivity (Wildman–Crippen MR) is 141 cm³/mol. The quantitative estimate of drug-likeness (QED) is 0.487. The van der Waals surface area contributed by atoms with Gasteiger partial charge in [0, 0.05) is 29.6 Å². The third-order valence-electron chi connectivity index (χ3n) is 6.28. The minimum absolute atomic E-state index is 0.155. The van der Waals surface area contributed by atoms with Gasteiger partial charge in [-0.15, -0.1) is 6.42 Å². The number of amides is 1. The molecule has 3 aromatic rings. The minimum atomic E-state index is -0.714. The summed E-state index contributed by atoms with van der Waals surface area (Å²) in [6.07, 6.45) is 7.94. The Morgan fingerprint density at radius 3 is 2.69 bits per heavy atom. The number of terminal acetylenes is 1. The first-order valence-corrected chi connectivity index (χ1v) is 12.0. The van der Waals surface area contributed by atoms with Crippen LogP contribution in [0.1, 0.15) is 41.8 Å². The van der Waals surface area contributed by atoms with Gasteiger partial charge in [0.2, 0.25) is 5.91 Å². The van der Waals surface area contributed by atoms with Gasteiger partial charge in [-0.05, 0) is 53.4 Å². The Morgan fingerprint density at radius 1 is 1.25 bits per heavy atom. The number of carbonyl (C=O) groups is 1. The van der Waals surface area contributed by atoms with Crippen LogP contribution in [0.25, 0.3) is 0 Å². The van der Waals surface area contributed by atoms with Gasteiger partial charge in [-0.25, -0.2) is 0 Å². The van der Waals surface area contributed by atoms with Gasteiger partial charge < -0.3 is 15.4 Å². The Kier molecular flexibility index (Phi) is 7.31. The van der Waals surface area contributed by atoms with E-state index in [1.165, 1.54) is 0 Å². The molecule has 2 aromatic carbocycles. The predicted octanol–water partition coefficient (Wildman–Crippen LogP) is 4.40. The largest absolute Gasteiger partial charge is 0.481 e. The summed E-state index contributed by atoms with van der Waals surface area (Å²) in [5.41, 5.74) is 10.9. The number of aromatic nitrogens is 1. The zero-order chi connectivity index (χ0) is 25.9. The average Bonchev–Trinajstić information content (AvgIpc) is 3.14. The van der Waals surface area contributed by atoms with Crippen molar-refractivity contribution in [2.24, 2.45) is 5.73 Å². The third-order valence-corrected chi connectivity index (χ3v) is 6.52. The number of halogens is 1. The maximum atomic E-state index is 13.5. The van der Waals surface area contributed by atoms with Crippen LogP contribution in [0.5, 0.6) is 5.75 Å². The first kappa shape index (κ1) is 25.3. The van der Waals surface area contributed by atoms with E-state index >= 15 is 0 Å². The van der Waals surface area contributed by atoms with E-state index in [1.807, 2.05) is 42.6 Å². The van der Waals surface area contributed by atoms with Crippen LogP contribution in [-0.4, -0.2) is 30.1 Å². The van der Waals surface area contributed by atoms with E-state index in [4.69, 9.17) is 33.5 Å². The highest BCUT2D eigenvalue weighted by atomic mass is 35.5. The van der Waals surface area contributed by atoms with E-state index in [9.17, 15) is 10.1 Å². The molecule has 1 aromatic heterocycles. The van der Waals surface area contributed by atoms with Gasteiger partial charge in [-0.2, -0.15) is 5.26 Å². The number of ether oxygens (including phenoxy) is 1. The van der Waals surface area contributed by atoms with Crippen LogP contribution in [0.2, 0.25) is 5.02 Å². The molecule has 1 amide bonds. The number of anilines is 1. The van der Waals surface area contributed by atoms with Crippen molar-refractivity contribution in [3.8, 4) is 24.2 Å². The molecule has 0 unspecified atom stereocenters. The number of nitriles is 1.